The fraction of sp³-hybridized carbons (Fsp3) is 0.692. The van der Waals surface area contributed by atoms with Crippen LogP contribution in [0.15, 0.2) is 16.3 Å². The molecule has 0 aliphatic carbocycles. The van der Waals surface area contributed by atoms with Crippen LogP contribution in [0.2, 0.25) is 0 Å². The van der Waals surface area contributed by atoms with Gasteiger partial charge in [-0.2, -0.15) is 4.31 Å². The lowest BCUT2D eigenvalue weighted by molar-refractivity contribution is 0.172. The maximum atomic E-state index is 12.5. The van der Waals surface area contributed by atoms with Crippen molar-refractivity contribution >= 4 is 21.4 Å². The second-order valence-electron chi connectivity index (χ2n) is 5.51. The third-order valence-corrected chi connectivity index (χ3v) is 6.33. The lowest BCUT2D eigenvalue weighted by Crippen LogP contribution is -2.49. The Balaban J connectivity index is 2.02. The quantitative estimate of drug-likeness (QED) is 0.886. The molecule has 7 heteroatoms. The molecule has 5 nitrogen and oxygen atoms in total. The van der Waals surface area contributed by atoms with Gasteiger partial charge in [0.25, 0.3) is 0 Å². The van der Waals surface area contributed by atoms with Crippen LogP contribution in [-0.2, 0) is 16.6 Å². The molecular weight excluding hydrogens is 296 g/mol. The van der Waals surface area contributed by atoms with Gasteiger partial charge >= 0.3 is 0 Å². The van der Waals surface area contributed by atoms with Crippen molar-refractivity contribution in [2.24, 2.45) is 5.92 Å². The molecule has 0 atom stereocenters. The van der Waals surface area contributed by atoms with Crippen LogP contribution < -0.4 is 0 Å². The lowest BCUT2D eigenvalue weighted by Gasteiger charge is -2.34. The van der Waals surface area contributed by atoms with Crippen LogP contribution in [0.1, 0.15) is 18.7 Å². The number of rotatable bonds is 5. The highest BCUT2D eigenvalue weighted by Crippen LogP contribution is 2.23. The summed E-state index contributed by atoms with van der Waals surface area (Å²) in [6.45, 7) is 7.90. The predicted octanol–water partition coefficient (Wildman–Crippen LogP) is 1.20. The van der Waals surface area contributed by atoms with E-state index in [1.54, 1.807) is 15.8 Å². The Labute approximate surface area is 124 Å². The maximum Gasteiger partial charge on any atom is 0.243 e. The maximum absolute atomic E-state index is 12.5. The molecule has 1 fully saturated rings. The zero-order valence-corrected chi connectivity index (χ0v) is 13.6. The first-order valence-electron chi connectivity index (χ1n) is 6.84. The molecule has 0 amide bonds. The molecule has 1 aromatic heterocycles. The molecule has 0 saturated carbocycles. The van der Waals surface area contributed by atoms with Crippen LogP contribution >= 0.6 is 11.3 Å². The summed E-state index contributed by atoms with van der Waals surface area (Å²) in [7, 11) is -3.40. The number of hydrogen-bond acceptors (Lipinski definition) is 5. The number of hydrogen-bond donors (Lipinski definition) is 1. The fourth-order valence-electron chi connectivity index (χ4n) is 2.40. The van der Waals surface area contributed by atoms with E-state index in [2.05, 4.69) is 18.7 Å². The zero-order chi connectivity index (χ0) is 14.8. The van der Waals surface area contributed by atoms with Gasteiger partial charge in [-0.1, -0.05) is 13.8 Å². The largest absolute Gasteiger partial charge is 0.391 e. The van der Waals surface area contributed by atoms with Crippen molar-refractivity contribution in [2.75, 3.05) is 32.7 Å². The minimum atomic E-state index is -3.40. The third-order valence-electron chi connectivity index (χ3n) is 3.38. The molecule has 1 aromatic rings. The van der Waals surface area contributed by atoms with Gasteiger partial charge in [0.1, 0.15) is 0 Å². The monoisotopic (exact) mass is 318 g/mol. The molecule has 1 N–H and O–H groups in total. The summed E-state index contributed by atoms with van der Waals surface area (Å²) in [5, 5.41) is 10.7. The minimum Gasteiger partial charge on any atom is -0.391 e. The van der Waals surface area contributed by atoms with Gasteiger partial charge < -0.3 is 10.0 Å². The van der Waals surface area contributed by atoms with Crippen molar-refractivity contribution in [3.63, 3.8) is 0 Å². The summed E-state index contributed by atoms with van der Waals surface area (Å²) < 4.78 is 26.5. The highest BCUT2D eigenvalue weighted by molar-refractivity contribution is 7.89. The van der Waals surface area contributed by atoms with E-state index in [4.69, 9.17) is 5.11 Å². The van der Waals surface area contributed by atoms with Crippen molar-refractivity contribution in [2.45, 2.75) is 25.3 Å². The molecule has 1 aliphatic rings. The summed E-state index contributed by atoms with van der Waals surface area (Å²) in [4.78, 5) is 3.30. The first-order chi connectivity index (χ1) is 9.43. The number of aliphatic hydroxyl groups excluding tert-OH is 1. The second kappa shape index (κ2) is 6.53. The molecule has 1 saturated heterocycles. The Morgan fingerprint density at radius 2 is 1.95 bits per heavy atom. The van der Waals surface area contributed by atoms with Crippen LogP contribution in [0.4, 0.5) is 0 Å². The average molecular weight is 318 g/mol. The van der Waals surface area contributed by atoms with E-state index in [-0.39, 0.29) is 6.61 Å². The van der Waals surface area contributed by atoms with Gasteiger partial charge in [0.05, 0.1) is 11.5 Å². The first-order valence-corrected chi connectivity index (χ1v) is 9.16. The van der Waals surface area contributed by atoms with Crippen molar-refractivity contribution in [3.05, 3.63) is 16.3 Å². The van der Waals surface area contributed by atoms with Crippen LogP contribution in [0.3, 0.4) is 0 Å². The molecule has 0 bridgehead atoms. The Hall–Kier alpha value is -0.470. The minimum absolute atomic E-state index is 0.109. The Morgan fingerprint density at radius 1 is 1.30 bits per heavy atom. The van der Waals surface area contributed by atoms with E-state index < -0.39 is 10.0 Å². The van der Waals surface area contributed by atoms with Crippen LogP contribution in [0, 0.1) is 5.92 Å². The van der Waals surface area contributed by atoms with E-state index in [9.17, 15) is 8.42 Å². The van der Waals surface area contributed by atoms with E-state index in [0.29, 0.717) is 28.8 Å². The summed E-state index contributed by atoms with van der Waals surface area (Å²) in [5.41, 5.74) is 0. The normalized spacial score (nSPS) is 18.8. The fourth-order valence-corrected chi connectivity index (χ4v) is 4.94. The average Bonchev–Trinajstić information content (AvgIpc) is 2.88. The molecule has 0 aromatic carbocycles. The van der Waals surface area contributed by atoms with E-state index >= 15 is 0 Å². The highest BCUT2D eigenvalue weighted by atomic mass is 32.2. The van der Waals surface area contributed by atoms with E-state index in [0.717, 1.165) is 19.6 Å². The summed E-state index contributed by atoms with van der Waals surface area (Å²) in [6, 6.07) is 1.57. The van der Waals surface area contributed by atoms with Crippen LogP contribution in [-0.4, -0.2) is 55.5 Å². The molecule has 20 heavy (non-hydrogen) atoms. The number of aliphatic hydroxyl groups is 1. The number of nitrogens with zero attached hydrogens (tertiary/aromatic N) is 2. The summed E-state index contributed by atoms with van der Waals surface area (Å²) in [6.07, 6.45) is 0. The van der Waals surface area contributed by atoms with E-state index in [1.165, 1.54) is 11.3 Å². The van der Waals surface area contributed by atoms with Crippen LogP contribution in [0.5, 0.6) is 0 Å². The number of piperazine rings is 1. The van der Waals surface area contributed by atoms with Crippen molar-refractivity contribution in [1.82, 2.24) is 9.21 Å². The smallest absolute Gasteiger partial charge is 0.243 e. The van der Waals surface area contributed by atoms with Crippen molar-refractivity contribution < 1.29 is 13.5 Å². The Bertz CT molecular complexity index is 532. The highest BCUT2D eigenvalue weighted by Gasteiger charge is 2.29. The zero-order valence-electron chi connectivity index (χ0n) is 11.9. The number of sulfonamides is 1. The standard InChI is InChI=1S/C13H22N2O3S2/c1-11(2)8-14-3-5-15(6-4-14)20(17,18)13-7-12(9-16)19-10-13/h7,10-11,16H,3-6,8-9H2,1-2H3. The Kier molecular flexibility index (Phi) is 5.19. The van der Waals surface area contributed by atoms with E-state index in [1.807, 2.05) is 0 Å². The summed E-state index contributed by atoms with van der Waals surface area (Å²) in [5.74, 6) is 0.599. The van der Waals surface area contributed by atoms with Gasteiger partial charge in [-0.25, -0.2) is 8.42 Å². The second-order valence-corrected chi connectivity index (χ2v) is 8.44. The molecule has 0 unspecified atom stereocenters. The number of thiophene rings is 1. The van der Waals surface area contributed by atoms with Gasteiger partial charge in [0.15, 0.2) is 0 Å². The van der Waals surface area contributed by atoms with Gasteiger partial charge in [-0.15, -0.1) is 11.3 Å². The molecule has 1 aliphatic heterocycles. The van der Waals surface area contributed by atoms with Gasteiger partial charge in [-0.3, -0.25) is 0 Å². The molecule has 114 valence electrons. The van der Waals surface area contributed by atoms with Crippen molar-refractivity contribution in [3.8, 4) is 0 Å². The molecule has 0 spiro atoms. The van der Waals surface area contributed by atoms with Crippen molar-refractivity contribution in [1.29, 1.82) is 0 Å². The molecule has 2 rings (SSSR count). The van der Waals surface area contributed by atoms with Gasteiger partial charge in [-0.05, 0) is 12.0 Å². The van der Waals surface area contributed by atoms with Gasteiger partial charge in [0, 0.05) is 43.0 Å². The van der Waals surface area contributed by atoms with Crippen LogP contribution in [0.25, 0.3) is 0 Å². The molecule has 2 heterocycles. The first kappa shape index (κ1) is 15.9. The molecular formula is C13H22N2O3S2. The third kappa shape index (κ3) is 3.59. The topological polar surface area (TPSA) is 60.9 Å². The predicted molar refractivity (Wildman–Crippen MR) is 80.3 cm³/mol. The van der Waals surface area contributed by atoms with Gasteiger partial charge in [0.2, 0.25) is 10.0 Å². The SMILES string of the molecule is CC(C)CN1CCN(S(=O)(=O)c2csc(CO)c2)CC1. The summed E-state index contributed by atoms with van der Waals surface area (Å²) >= 11 is 1.28. The molecule has 0 radical (unpaired) electrons. The lowest BCUT2D eigenvalue weighted by atomic mass is 10.2. The Morgan fingerprint density at radius 3 is 2.45 bits per heavy atom.